The van der Waals surface area contributed by atoms with Gasteiger partial charge in [-0.2, -0.15) is 0 Å². The van der Waals surface area contributed by atoms with E-state index in [9.17, 15) is 9.59 Å². The summed E-state index contributed by atoms with van der Waals surface area (Å²) in [5.74, 6) is 0.615. The summed E-state index contributed by atoms with van der Waals surface area (Å²) < 4.78 is 5.80. The molecule has 0 saturated carbocycles. The first-order chi connectivity index (χ1) is 16.0. The summed E-state index contributed by atoms with van der Waals surface area (Å²) in [6.07, 6.45) is 2.10. The smallest absolute Gasteiger partial charge is 0.258 e. The molecule has 4 rings (SSSR count). The lowest BCUT2D eigenvalue weighted by atomic mass is 10.1. The number of hydrogen-bond acceptors (Lipinski definition) is 5. The Hall–Kier alpha value is -3.03. The third-order valence-electron chi connectivity index (χ3n) is 5.89. The molecule has 0 unspecified atom stereocenters. The second kappa shape index (κ2) is 10.7. The first kappa shape index (κ1) is 23.1. The highest BCUT2D eigenvalue weighted by molar-refractivity contribution is 5.77. The van der Waals surface area contributed by atoms with E-state index in [4.69, 9.17) is 4.74 Å². The third kappa shape index (κ3) is 6.49. The molecule has 1 aromatic heterocycles. The molecule has 33 heavy (non-hydrogen) atoms. The Balaban J connectivity index is 1.20. The minimum absolute atomic E-state index is 0.00138. The molecule has 2 aromatic carbocycles. The lowest BCUT2D eigenvalue weighted by molar-refractivity contribution is -0.121. The van der Waals surface area contributed by atoms with Gasteiger partial charge in [-0.3, -0.25) is 14.5 Å². The van der Waals surface area contributed by atoms with Crippen LogP contribution in [0.2, 0.25) is 0 Å². The maximum Gasteiger partial charge on any atom is 0.258 e. The molecule has 3 aromatic rings. The normalized spacial score (nSPS) is 19.0. The van der Waals surface area contributed by atoms with Crippen LogP contribution in [0.25, 0.3) is 10.9 Å². The molecule has 174 valence electrons. The lowest BCUT2D eigenvalue weighted by Gasteiger charge is -2.35. The van der Waals surface area contributed by atoms with Crippen molar-refractivity contribution in [3.63, 3.8) is 0 Å². The predicted octanol–water partition coefficient (Wildman–Crippen LogP) is 3.17. The van der Waals surface area contributed by atoms with Gasteiger partial charge in [-0.05, 0) is 43.5 Å². The van der Waals surface area contributed by atoms with Crippen molar-refractivity contribution >= 4 is 16.8 Å². The maximum absolute atomic E-state index is 12.3. The number of para-hydroxylation sites is 1. The number of amides is 1. The van der Waals surface area contributed by atoms with Gasteiger partial charge < -0.3 is 15.0 Å². The highest BCUT2D eigenvalue weighted by Gasteiger charge is 2.21. The molecule has 2 N–H and O–H groups in total. The van der Waals surface area contributed by atoms with Crippen LogP contribution >= 0.6 is 0 Å². The molecule has 0 bridgehead atoms. The topological polar surface area (TPSA) is 87.3 Å². The van der Waals surface area contributed by atoms with E-state index in [-0.39, 0.29) is 23.7 Å². The summed E-state index contributed by atoms with van der Waals surface area (Å²) >= 11 is 0. The fraction of sp³-hybridized carbons (Fsp3) is 0.423. The van der Waals surface area contributed by atoms with Gasteiger partial charge in [-0.25, -0.2) is 4.98 Å². The fourth-order valence-electron chi connectivity index (χ4n) is 4.39. The summed E-state index contributed by atoms with van der Waals surface area (Å²) in [6, 6.07) is 15.7. The van der Waals surface area contributed by atoms with E-state index in [1.807, 2.05) is 18.2 Å². The molecule has 0 aliphatic carbocycles. The zero-order valence-electron chi connectivity index (χ0n) is 19.3. The van der Waals surface area contributed by atoms with Crippen LogP contribution in [-0.2, 0) is 29.0 Å². The molecule has 1 amide bonds. The molecule has 7 heteroatoms. The van der Waals surface area contributed by atoms with Gasteiger partial charge in [0.25, 0.3) is 5.56 Å². The van der Waals surface area contributed by atoms with Crippen LogP contribution in [0.5, 0.6) is 0 Å². The number of H-pyrrole nitrogens is 1. The van der Waals surface area contributed by atoms with Crippen LogP contribution in [0.4, 0.5) is 0 Å². The van der Waals surface area contributed by atoms with E-state index in [0.717, 1.165) is 25.2 Å². The molecule has 0 spiro atoms. The minimum Gasteiger partial charge on any atom is -0.373 e. The second-order valence-electron chi connectivity index (χ2n) is 8.93. The van der Waals surface area contributed by atoms with Crippen LogP contribution in [0, 0.1) is 0 Å². The average Bonchev–Trinajstić information content (AvgIpc) is 2.78. The molecule has 0 radical (unpaired) electrons. The number of rotatable bonds is 8. The van der Waals surface area contributed by atoms with Crippen molar-refractivity contribution in [2.75, 3.05) is 13.1 Å². The number of nitrogens with one attached hydrogen (secondary N) is 2. The molecular formula is C26H32N4O3. The van der Waals surface area contributed by atoms with E-state index in [2.05, 4.69) is 58.3 Å². The summed E-state index contributed by atoms with van der Waals surface area (Å²) in [5.41, 5.74) is 2.89. The Morgan fingerprint density at radius 3 is 2.55 bits per heavy atom. The SMILES string of the molecule is C[C@H]1CN(Cc2ccc(CNC(=O)CCCc3nc4ccccc4c(=O)[nH]3)cc2)C[C@H](C)O1. The van der Waals surface area contributed by atoms with Crippen LogP contribution in [-0.4, -0.2) is 46.1 Å². The van der Waals surface area contributed by atoms with E-state index < -0.39 is 0 Å². The van der Waals surface area contributed by atoms with Crippen LogP contribution in [0.3, 0.4) is 0 Å². The zero-order valence-corrected chi connectivity index (χ0v) is 19.3. The number of ether oxygens (including phenoxy) is 1. The largest absolute Gasteiger partial charge is 0.373 e. The Morgan fingerprint density at radius 1 is 1.09 bits per heavy atom. The van der Waals surface area contributed by atoms with Crippen LogP contribution in [0.15, 0.2) is 53.3 Å². The highest BCUT2D eigenvalue weighted by atomic mass is 16.5. The molecule has 1 aliphatic rings. The molecular weight excluding hydrogens is 416 g/mol. The molecule has 1 aliphatic heterocycles. The number of aromatic nitrogens is 2. The monoisotopic (exact) mass is 448 g/mol. The van der Waals surface area contributed by atoms with Crippen molar-refractivity contribution in [2.24, 2.45) is 0 Å². The molecule has 1 saturated heterocycles. The Morgan fingerprint density at radius 2 is 1.79 bits per heavy atom. The number of carbonyl (C=O) groups is 1. The molecule has 2 heterocycles. The fourth-order valence-corrected chi connectivity index (χ4v) is 4.39. The van der Waals surface area contributed by atoms with Gasteiger partial charge in [0.1, 0.15) is 5.82 Å². The van der Waals surface area contributed by atoms with E-state index in [1.54, 1.807) is 6.07 Å². The first-order valence-electron chi connectivity index (χ1n) is 11.7. The summed E-state index contributed by atoms with van der Waals surface area (Å²) in [6.45, 7) is 7.55. The maximum atomic E-state index is 12.3. The number of aryl methyl sites for hydroxylation is 1. The van der Waals surface area contributed by atoms with Gasteiger partial charge >= 0.3 is 0 Å². The number of carbonyl (C=O) groups excluding carboxylic acids is 1. The minimum atomic E-state index is -0.138. The Kier molecular flexibility index (Phi) is 7.52. The molecule has 1 fully saturated rings. The predicted molar refractivity (Wildman–Crippen MR) is 129 cm³/mol. The number of hydrogen-bond donors (Lipinski definition) is 2. The van der Waals surface area contributed by atoms with Crippen LogP contribution in [0.1, 0.15) is 43.6 Å². The molecule has 7 nitrogen and oxygen atoms in total. The van der Waals surface area contributed by atoms with Gasteiger partial charge in [0.15, 0.2) is 0 Å². The zero-order chi connectivity index (χ0) is 23.2. The number of morpholine rings is 1. The average molecular weight is 449 g/mol. The van der Waals surface area contributed by atoms with Crippen molar-refractivity contribution in [1.29, 1.82) is 0 Å². The first-order valence-corrected chi connectivity index (χ1v) is 11.7. The van der Waals surface area contributed by atoms with Crippen molar-refractivity contribution in [1.82, 2.24) is 20.2 Å². The van der Waals surface area contributed by atoms with Gasteiger partial charge in [-0.15, -0.1) is 0 Å². The van der Waals surface area contributed by atoms with E-state index in [0.29, 0.717) is 42.5 Å². The summed E-state index contributed by atoms with van der Waals surface area (Å²) in [7, 11) is 0. The standard InChI is InChI=1S/C26H32N4O3/c1-18-15-30(16-19(2)33-18)17-21-12-10-20(11-13-21)14-27-25(31)9-5-8-24-28-23-7-4-3-6-22(23)26(32)29-24/h3-4,6-7,10-13,18-19H,5,8-9,14-17H2,1-2H3,(H,27,31)(H,28,29,32)/t18-,19-/m0/s1. The van der Waals surface area contributed by atoms with Gasteiger partial charge in [0.2, 0.25) is 5.91 Å². The van der Waals surface area contributed by atoms with Gasteiger partial charge in [-0.1, -0.05) is 36.4 Å². The highest BCUT2D eigenvalue weighted by Crippen LogP contribution is 2.15. The van der Waals surface area contributed by atoms with E-state index >= 15 is 0 Å². The Labute approximate surface area is 194 Å². The van der Waals surface area contributed by atoms with Gasteiger partial charge in [0.05, 0.1) is 23.1 Å². The van der Waals surface area contributed by atoms with Crippen molar-refractivity contribution in [3.05, 3.63) is 75.8 Å². The molecule has 2 atom stereocenters. The Bertz CT molecular complexity index is 1130. The summed E-state index contributed by atoms with van der Waals surface area (Å²) in [5, 5.41) is 3.56. The number of fused-ring (bicyclic) bond motifs is 1. The van der Waals surface area contributed by atoms with Crippen LogP contribution < -0.4 is 10.9 Å². The quantitative estimate of drug-likeness (QED) is 0.553. The third-order valence-corrected chi connectivity index (χ3v) is 5.89. The van der Waals surface area contributed by atoms with E-state index in [1.165, 1.54) is 5.56 Å². The lowest BCUT2D eigenvalue weighted by Crippen LogP contribution is -2.44. The second-order valence-corrected chi connectivity index (χ2v) is 8.93. The number of aromatic amines is 1. The van der Waals surface area contributed by atoms with Crippen molar-refractivity contribution in [2.45, 2.75) is 58.4 Å². The van der Waals surface area contributed by atoms with Gasteiger partial charge in [0, 0.05) is 39.0 Å². The number of nitrogens with zero attached hydrogens (tertiary/aromatic N) is 2. The van der Waals surface area contributed by atoms with Crippen molar-refractivity contribution in [3.8, 4) is 0 Å². The summed E-state index contributed by atoms with van der Waals surface area (Å²) in [4.78, 5) is 34.1. The van der Waals surface area contributed by atoms with Crippen molar-refractivity contribution < 1.29 is 9.53 Å². The number of benzene rings is 2.